The maximum absolute atomic E-state index is 12.4. The number of nitrogens with zero attached hydrogens (tertiary/aromatic N) is 2. The second-order valence-corrected chi connectivity index (χ2v) is 13.4. The van der Waals surface area contributed by atoms with Crippen molar-refractivity contribution in [2.24, 2.45) is 5.41 Å². The molecule has 45 heavy (non-hydrogen) atoms. The third-order valence-corrected chi connectivity index (χ3v) is 7.59. The standard InChI is InChI=1S/C38H48N2O5/c1-8-33(28-12-10-9-11-13-28)34(30-16-20-32(21-17-30)44-35(41)37(2,3)4)29-14-18-31(19-15-29)43-27-26-39-22-24-40(25-23-39)36(42)45-38(5,6)7/h9-21H,8,22-27H2,1-7H3/b34-33+. The summed E-state index contributed by atoms with van der Waals surface area (Å²) in [4.78, 5) is 28.9. The molecule has 0 aliphatic carbocycles. The number of ether oxygens (including phenoxy) is 3. The summed E-state index contributed by atoms with van der Waals surface area (Å²) < 4.78 is 17.3. The molecule has 7 nitrogen and oxygen atoms in total. The first-order valence-electron chi connectivity index (χ1n) is 15.9. The SMILES string of the molecule is CC/C(=C(/c1ccc(OCCN2CCN(C(=O)OC(C)(C)C)CC2)cc1)c1ccc(OC(=O)C(C)(C)C)cc1)c1ccccc1. The van der Waals surface area contributed by atoms with Crippen LogP contribution < -0.4 is 9.47 Å². The molecule has 1 heterocycles. The molecule has 0 radical (unpaired) electrons. The Morgan fingerprint density at radius 1 is 0.711 bits per heavy atom. The first kappa shape index (κ1) is 33.8. The van der Waals surface area contributed by atoms with Crippen LogP contribution in [0.25, 0.3) is 11.1 Å². The summed E-state index contributed by atoms with van der Waals surface area (Å²) in [6.07, 6.45) is 0.602. The van der Waals surface area contributed by atoms with Gasteiger partial charge in [0.05, 0.1) is 5.41 Å². The van der Waals surface area contributed by atoms with Crippen molar-refractivity contribution in [1.82, 2.24) is 9.80 Å². The van der Waals surface area contributed by atoms with Crippen LogP contribution in [0.5, 0.6) is 11.5 Å². The number of piperazine rings is 1. The van der Waals surface area contributed by atoms with Gasteiger partial charge in [-0.1, -0.05) is 61.5 Å². The highest BCUT2D eigenvalue weighted by molar-refractivity contribution is 5.98. The topological polar surface area (TPSA) is 68.3 Å². The second kappa shape index (κ2) is 14.8. The van der Waals surface area contributed by atoms with Gasteiger partial charge in [-0.05, 0) is 100 Å². The van der Waals surface area contributed by atoms with Crippen molar-refractivity contribution in [3.63, 3.8) is 0 Å². The monoisotopic (exact) mass is 612 g/mol. The molecule has 0 spiro atoms. The number of carbonyl (C=O) groups excluding carboxylic acids is 2. The Morgan fingerprint density at radius 2 is 1.27 bits per heavy atom. The summed E-state index contributed by atoms with van der Waals surface area (Å²) in [5, 5.41) is 0. The average molecular weight is 613 g/mol. The Bertz CT molecular complexity index is 1440. The van der Waals surface area contributed by atoms with E-state index in [1.807, 2.05) is 84.0 Å². The van der Waals surface area contributed by atoms with Gasteiger partial charge in [0.1, 0.15) is 23.7 Å². The van der Waals surface area contributed by atoms with E-state index in [4.69, 9.17) is 14.2 Å². The van der Waals surface area contributed by atoms with E-state index in [0.717, 1.165) is 48.5 Å². The van der Waals surface area contributed by atoms with E-state index >= 15 is 0 Å². The van der Waals surface area contributed by atoms with Gasteiger partial charge in [-0.2, -0.15) is 0 Å². The predicted molar refractivity (Wildman–Crippen MR) is 180 cm³/mol. The van der Waals surface area contributed by atoms with Crippen molar-refractivity contribution >= 4 is 23.2 Å². The number of hydrogen-bond donors (Lipinski definition) is 0. The Kier molecular flexibility index (Phi) is 11.1. The maximum atomic E-state index is 12.4. The lowest BCUT2D eigenvalue weighted by atomic mass is 9.88. The zero-order chi connectivity index (χ0) is 32.6. The second-order valence-electron chi connectivity index (χ2n) is 13.4. The van der Waals surface area contributed by atoms with Gasteiger partial charge in [0.15, 0.2) is 0 Å². The third-order valence-electron chi connectivity index (χ3n) is 7.59. The third kappa shape index (κ3) is 9.69. The molecule has 1 aliphatic heterocycles. The first-order chi connectivity index (χ1) is 21.3. The summed E-state index contributed by atoms with van der Waals surface area (Å²) in [7, 11) is 0. The molecule has 4 rings (SSSR count). The average Bonchev–Trinajstić information content (AvgIpc) is 3.00. The molecular weight excluding hydrogens is 564 g/mol. The summed E-state index contributed by atoms with van der Waals surface area (Å²) in [5.41, 5.74) is 4.60. The largest absolute Gasteiger partial charge is 0.492 e. The molecule has 0 N–H and O–H groups in total. The fourth-order valence-electron chi connectivity index (χ4n) is 5.12. The van der Waals surface area contributed by atoms with Crippen LogP contribution >= 0.6 is 0 Å². The normalized spacial score (nSPS) is 14.9. The molecule has 0 atom stereocenters. The Balaban J connectivity index is 1.44. The molecule has 0 saturated carbocycles. The zero-order valence-corrected chi connectivity index (χ0v) is 27.9. The number of esters is 1. The molecule has 1 saturated heterocycles. The van der Waals surface area contributed by atoms with Gasteiger partial charge < -0.3 is 19.1 Å². The quantitative estimate of drug-likeness (QED) is 0.139. The molecule has 0 unspecified atom stereocenters. The number of allylic oxidation sites excluding steroid dienone is 1. The van der Waals surface area contributed by atoms with Crippen LogP contribution in [0.3, 0.4) is 0 Å². The first-order valence-corrected chi connectivity index (χ1v) is 15.9. The molecule has 1 fully saturated rings. The van der Waals surface area contributed by atoms with Crippen LogP contribution in [0.2, 0.25) is 0 Å². The molecular formula is C38H48N2O5. The van der Waals surface area contributed by atoms with E-state index < -0.39 is 11.0 Å². The fourth-order valence-corrected chi connectivity index (χ4v) is 5.12. The predicted octanol–water partition coefficient (Wildman–Crippen LogP) is 7.94. The molecule has 7 heteroatoms. The minimum Gasteiger partial charge on any atom is -0.492 e. The van der Waals surface area contributed by atoms with Crippen molar-refractivity contribution in [3.8, 4) is 11.5 Å². The highest BCUT2D eigenvalue weighted by Crippen LogP contribution is 2.36. The van der Waals surface area contributed by atoms with Crippen LogP contribution in [0.15, 0.2) is 78.9 Å². The zero-order valence-electron chi connectivity index (χ0n) is 27.9. The minimum atomic E-state index is -0.576. The summed E-state index contributed by atoms with van der Waals surface area (Å²) in [5.74, 6) is 1.08. The molecule has 3 aromatic rings. The lowest BCUT2D eigenvalue weighted by molar-refractivity contribution is -0.143. The van der Waals surface area contributed by atoms with E-state index in [2.05, 4.69) is 48.2 Å². The van der Waals surface area contributed by atoms with Gasteiger partial charge in [0, 0.05) is 32.7 Å². The smallest absolute Gasteiger partial charge is 0.410 e. The Hall–Kier alpha value is -4.10. The van der Waals surface area contributed by atoms with E-state index in [9.17, 15) is 9.59 Å². The van der Waals surface area contributed by atoms with E-state index in [0.29, 0.717) is 25.4 Å². The van der Waals surface area contributed by atoms with Crippen molar-refractivity contribution in [3.05, 3.63) is 95.6 Å². The van der Waals surface area contributed by atoms with Gasteiger partial charge in [0.2, 0.25) is 0 Å². The van der Waals surface area contributed by atoms with E-state index in [1.54, 1.807) is 4.90 Å². The molecule has 1 aliphatic rings. The van der Waals surface area contributed by atoms with Gasteiger partial charge >= 0.3 is 12.1 Å². The van der Waals surface area contributed by atoms with Gasteiger partial charge in [-0.15, -0.1) is 0 Å². The Labute approximate surface area is 268 Å². The summed E-state index contributed by atoms with van der Waals surface area (Å²) in [6, 6.07) is 26.5. The van der Waals surface area contributed by atoms with Crippen LogP contribution in [-0.4, -0.2) is 66.8 Å². The number of benzene rings is 3. The highest BCUT2D eigenvalue weighted by atomic mass is 16.6. The fraction of sp³-hybridized carbons (Fsp3) is 0.421. The number of amides is 1. The lowest BCUT2D eigenvalue weighted by Gasteiger charge is -2.35. The van der Waals surface area contributed by atoms with Crippen molar-refractivity contribution in [2.45, 2.75) is 60.5 Å². The van der Waals surface area contributed by atoms with E-state index in [1.165, 1.54) is 11.1 Å². The van der Waals surface area contributed by atoms with Crippen molar-refractivity contribution in [2.75, 3.05) is 39.3 Å². The number of hydrogen-bond acceptors (Lipinski definition) is 6. The molecule has 1 amide bonds. The molecule has 3 aromatic carbocycles. The van der Waals surface area contributed by atoms with Gasteiger partial charge in [-0.3, -0.25) is 9.69 Å². The Morgan fingerprint density at radius 3 is 1.78 bits per heavy atom. The van der Waals surface area contributed by atoms with Crippen LogP contribution in [-0.2, 0) is 9.53 Å². The summed E-state index contributed by atoms with van der Waals surface area (Å²) in [6.45, 7) is 17.6. The van der Waals surface area contributed by atoms with E-state index in [-0.39, 0.29) is 12.1 Å². The summed E-state index contributed by atoms with van der Waals surface area (Å²) >= 11 is 0. The maximum Gasteiger partial charge on any atom is 0.410 e. The van der Waals surface area contributed by atoms with Crippen LogP contribution in [0.4, 0.5) is 4.79 Å². The number of rotatable bonds is 9. The lowest BCUT2D eigenvalue weighted by Crippen LogP contribution is -2.50. The van der Waals surface area contributed by atoms with Gasteiger partial charge in [0.25, 0.3) is 0 Å². The van der Waals surface area contributed by atoms with Crippen LogP contribution in [0, 0.1) is 5.41 Å². The minimum absolute atomic E-state index is 0.245. The van der Waals surface area contributed by atoms with Crippen molar-refractivity contribution < 1.29 is 23.8 Å². The molecule has 240 valence electrons. The molecule has 0 aromatic heterocycles. The number of carbonyl (C=O) groups is 2. The van der Waals surface area contributed by atoms with Gasteiger partial charge in [-0.25, -0.2) is 4.79 Å². The highest BCUT2D eigenvalue weighted by Gasteiger charge is 2.26. The molecule has 0 bridgehead atoms. The van der Waals surface area contributed by atoms with Crippen molar-refractivity contribution in [1.29, 1.82) is 0 Å². The van der Waals surface area contributed by atoms with Crippen LogP contribution in [0.1, 0.15) is 71.6 Å².